The number of hydrogen-bond donors (Lipinski definition) is 1. The molecular formula is C13H18BrNO2. The highest BCUT2D eigenvalue weighted by Crippen LogP contribution is 2.18. The minimum absolute atomic E-state index is 0.315. The van der Waals surface area contributed by atoms with E-state index < -0.39 is 0 Å². The molecule has 0 spiro atoms. The maximum absolute atomic E-state index is 11.8. The summed E-state index contributed by atoms with van der Waals surface area (Å²) < 4.78 is 6.05. The smallest absolute Gasteiger partial charge is 0.338 e. The number of ether oxygens (including phenoxy) is 1. The Hall–Kier alpha value is -1.03. The van der Waals surface area contributed by atoms with E-state index in [0.717, 1.165) is 17.3 Å². The molecule has 0 amide bonds. The van der Waals surface area contributed by atoms with Gasteiger partial charge in [-0.1, -0.05) is 42.6 Å². The summed E-state index contributed by atoms with van der Waals surface area (Å²) in [6.45, 7) is 4.66. The van der Waals surface area contributed by atoms with Crippen LogP contribution in [-0.2, 0) is 4.74 Å². The number of benzene rings is 1. The monoisotopic (exact) mass is 299 g/mol. The molecule has 2 N–H and O–H groups in total. The highest BCUT2D eigenvalue weighted by atomic mass is 79.9. The molecule has 0 saturated carbocycles. The molecule has 0 unspecified atom stereocenters. The van der Waals surface area contributed by atoms with Crippen molar-refractivity contribution in [2.45, 2.75) is 26.7 Å². The van der Waals surface area contributed by atoms with Crippen molar-refractivity contribution in [1.29, 1.82) is 0 Å². The van der Waals surface area contributed by atoms with Crippen molar-refractivity contribution >= 4 is 27.6 Å². The number of nitrogen functional groups attached to an aromatic ring is 1. The van der Waals surface area contributed by atoms with Crippen LogP contribution in [-0.4, -0.2) is 12.6 Å². The minimum Gasteiger partial charge on any atom is -0.462 e. The van der Waals surface area contributed by atoms with Crippen molar-refractivity contribution in [1.82, 2.24) is 0 Å². The zero-order valence-corrected chi connectivity index (χ0v) is 11.8. The minimum atomic E-state index is -0.315. The zero-order valence-electron chi connectivity index (χ0n) is 10.2. The van der Waals surface area contributed by atoms with E-state index in [4.69, 9.17) is 10.5 Å². The van der Waals surface area contributed by atoms with Gasteiger partial charge in [0.05, 0.1) is 12.2 Å². The number of hydrogen-bond acceptors (Lipinski definition) is 3. The third kappa shape index (κ3) is 4.38. The van der Waals surface area contributed by atoms with Gasteiger partial charge in [0.2, 0.25) is 0 Å². The second kappa shape index (κ2) is 6.64. The Morgan fingerprint density at radius 3 is 2.53 bits per heavy atom. The highest BCUT2D eigenvalue weighted by molar-refractivity contribution is 9.10. The lowest BCUT2D eigenvalue weighted by molar-refractivity contribution is 0.0433. The van der Waals surface area contributed by atoms with E-state index in [0.29, 0.717) is 23.8 Å². The fourth-order valence-corrected chi connectivity index (χ4v) is 2.04. The first-order chi connectivity index (χ1) is 8.06. The third-order valence-electron chi connectivity index (χ3n) is 2.76. The first kappa shape index (κ1) is 14.0. The van der Waals surface area contributed by atoms with E-state index in [1.807, 2.05) is 0 Å². The maximum Gasteiger partial charge on any atom is 0.338 e. The van der Waals surface area contributed by atoms with Crippen molar-refractivity contribution in [2.24, 2.45) is 5.92 Å². The average Bonchev–Trinajstić information content (AvgIpc) is 2.28. The Morgan fingerprint density at radius 1 is 1.35 bits per heavy atom. The molecule has 0 saturated heterocycles. The summed E-state index contributed by atoms with van der Waals surface area (Å²) in [5, 5.41) is 0. The molecule has 94 valence electrons. The molecule has 1 aromatic carbocycles. The van der Waals surface area contributed by atoms with Gasteiger partial charge in [0.1, 0.15) is 0 Å². The van der Waals surface area contributed by atoms with Gasteiger partial charge in [-0.05, 0) is 24.1 Å². The third-order valence-corrected chi connectivity index (χ3v) is 3.22. The molecule has 17 heavy (non-hydrogen) atoms. The zero-order chi connectivity index (χ0) is 12.8. The number of anilines is 1. The van der Waals surface area contributed by atoms with Gasteiger partial charge in [0.15, 0.2) is 0 Å². The molecule has 0 aromatic heterocycles. The molecule has 0 heterocycles. The summed E-state index contributed by atoms with van der Waals surface area (Å²) >= 11 is 3.30. The van der Waals surface area contributed by atoms with Gasteiger partial charge in [0, 0.05) is 10.2 Å². The Labute approximate surface area is 110 Å². The highest BCUT2D eigenvalue weighted by Gasteiger charge is 2.11. The van der Waals surface area contributed by atoms with Crippen LogP contribution in [0.4, 0.5) is 5.69 Å². The van der Waals surface area contributed by atoms with Gasteiger partial charge < -0.3 is 10.5 Å². The summed E-state index contributed by atoms with van der Waals surface area (Å²) in [7, 11) is 0. The molecule has 0 fully saturated rings. The summed E-state index contributed by atoms with van der Waals surface area (Å²) in [4.78, 5) is 11.8. The summed E-state index contributed by atoms with van der Waals surface area (Å²) in [5.41, 5.74) is 6.71. The van der Waals surface area contributed by atoms with Crippen LogP contribution in [0.3, 0.4) is 0 Å². The molecule has 1 aromatic rings. The van der Waals surface area contributed by atoms with E-state index in [-0.39, 0.29) is 5.97 Å². The molecule has 0 atom stereocenters. The normalized spacial score (nSPS) is 10.6. The number of nitrogens with two attached hydrogens (primary N) is 1. The van der Waals surface area contributed by atoms with Crippen LogP contribution in [0.15, 0.2) is 22.7 Å². The van der Waals surface area contributed by atoms with E-state index in [9.17, 15) is 4.79 Å². The van der Waals surface area contributed by atoms with Crippen molar-refractivity contribution in [3.63, 3.8) is 0 Å². The molecule has 0 radical (unpaired) electrons. The lowest BCUT2D eigenvalue weighted by Crippen LogP contribution is -2.13. The summed E-state index contributed by atoms with van der Waals surface area (Å²) in [6.07, 6.45) is 2.04. The van der Waals surface area contributed by atoms with Crippen LogP contribution < -0.4 is 5.73 Å². The van der Waals surface area contributed by atoms with Gasteiger partial charge in [-0.15, -0.1) is 0 Å². The molecule has 0 aliphatic heterocycles. The molecule has 4 heteroatoms. The van der Waals surface area contributed by atoms with Crippen molar-refractivity contribution in [2.75, 3.05) is 12.3 Å². The first-order valence-corrected chi connectivity index (χ1v) is 6.59. The van der Waals surface area contributed by atoms with E-state index in [2.05, 4.69) is 29.8 Å². The predicted octanol–water partition coefficient (Wildman–Crippen LogP) is 3.62. The van der Waals surface area contributed by atoms with Crippen molar-refractivity contribution in [3.05, 3.63) is 28.2 Å². The summed E-state index contributed by atoms with van der Waals surface area (Å²) in [6, 6.07) is 5.09. The Balaban J connectivity index is 2.63. The van der Waals surface area contributed by atoms with Crippen molar-refractivity contribution in [3.8, 4) is 0 Å². The first-order valence-electron chi connectivity index (χ1n) is 5.80. The fourth-order valence-electron chi connectivity index (χ4n) is 1.53. The van der Waals surface area contributed by atoms with Gasteiger partial charge in [-0.3, -0.25) is 0 Å². The van der Waals surface area contributed by atoms with Gasteiger partial charge in [0.25, 0.3) is 0 Å². The van der Waals surface area contributed by atoms with E-state index in [1.165, 1.54) is 0 Å². The molecule has 3 nitrogen and oxygen atoms in total. The Bertz CT molecular complexity index is 369. The number of carbonyl (C=O) groups excluding carboxylic acids is 1. The van der Waals surface area contributed by atoms with Gasteiger partial charge in [-0.2, -0.15) is 0 Å². The molecule has 0 aliphatic rings. The van der Waals surface area contributed by atoms with Crippen LogP contribution in [0, 0.1) is 5.92 Å². The molecule has 1 rings (SSSR count). The van der Waals surface area contributed by atoms with Crippen molar-refractivity contribution < 1.29 is 9.53 Å². The van der Waals surface area contributed by atoms with Gasteiger partial charge >= 0.3 is 5.97 Å². The summed E-state index contributed by atoms with van der Waals surface area (Å²) in [5.74, 6) is 0.119. The standard InChI is InChI=1S/C13H18BrNO2/c1-3-9(4-2)8-17-13(16)10-5-11(14)7-12(15)6-10/h5-7,9H,3-4,8,15H2,1-2H3. The van der Waals surface area contributed by atoms with Gasteiger partial charge in [-0.25, -0.2) is 4.79 Å². The average molecular weight is 300 g/mol. The lowest BCUT2D eigenvalue weighted by atomic mass is 10.1. The van der Waals surface area contributed by atoms with E-state index in [1.54, 1.807) is 18.2 Å². The fraction of sp³-hybridized carbons (Fsp3) is 0.462. The Kier molecular flexibility index (Phi) is 5.48. The Morgan fingerprint density at radius 2 is 2.00 bits per heavy atom. The topological polar surface area (TPSA) is 52.3 Å². The van der Waals surface area contributed by atoms with Crippen LogP contribution in [0.25, 0.3) is 0 Å². The second-order valence-corrected chi connectivity index (χ2v) is 4.97. The SMILES string of the molecule is CCC(CC)COC(=O)c1cc(N)cc(Br)c1. The molecular weight excluding hydrogens is 282 g/mol. The molecule has 0 aliphatic carbocycles. The maximum atomic E-state index is 11.8. The second-order valence-electron chi connectivity index (χ2n) is 4.05. The molecule has 0 bridgehead atoms. The van der Waals surface area contributed by atoms with Crippen LogP contribution in [0.2, 0.25) is 0 Å². The number of rotatable bonds is 5. The largest absolute Gasteiger partial charge is 0.462 e. The van der Waals surface area contributed by atoms with Crippen LogP contribution in [0.5, 0.6) is 0 Å². The van der Waals surface area contributed by atoms with Crippen LogP contribution in [0.1, 0.15) is 37.0 Å². The lowest BCUT2D eigenvalue weighted by Gasteiger charge is -2.12. The quantitative estimate of drug-likeness (QED) is 0.667. The predicted molar refractivity (Wildman–Crippen MR) is 72.9 cm³/mol. The van der Waals surface area contributed by atoms with Crippen LogP contribution >= 0.6 is 15.9 Å². The number of halogens is 1. The van der Waals surface area contributed by atoms with E-state index >= 15 is 0 Å². The number of esters is 1. The number of carbonyl (C=O) groups is 1.